The smallest absolute Gasteiger partial charge is 0.311 e. The third-order valence-electron chi connectivity index (χ3n) is 4.45. The van der Waals surface area contributed by atoms with Crippen molar-refractivity contribution in [3.05, 3.63) is 29.5 Å². The number of nitrogens with zero attached hydrogens (tertiary/aromatic N) is 5. The SMILES string of the molecule is C[n+]1ccc(-c2nnc([C@@H]3CC[C@H]4CN3C(=O)N4OS(=O)(=O)O)s2)cc1. The number of carbonyl (C=O) groups excluding carboxylic acids is 1. The molecule has 0 saturated carbocycles. The molecule has 2 saturated heterocycles. The predicted molar refractivity (Wildman–Crippen MR) is 88.9 cm³/mol. The van der Waals surface area contributed by atoms with Crippen LogP contribution in [0.15, 0.2) is 24.5 Å². The van der Waals surface area contributed by atoms with E-state index in [4.69, 9.17) is 4.55 Å². The van der Waals surface area contributed by atoms with Crippen LogP contribution in [-0.4, -0.2) is 51.7 Å². The monoisotopic (exact) mass is 398 g/mol. The highest BCUT2D eigenvalue weighted by Crippen LogP contribution is 2.40. The van der Waals surface area contributed by atoms with Crippen molar-refractivity contribution in [1.82, 2.24) is 20.2 Å². The molecule has 0 radical (unpaired) electrons. The van der Waals surface area contributed by atoms with E-state index in [1.165, 1.54) is 16.2 Å². The Morgan fingerprint density at radius 2 is 2.04 bits per heavy atom. The van der Waals surface area contributed by atoms with Gasteiger partial charge in [0.15, 0.2) is 12.4 Å². The maximum atomic E-state index is 12.5. The van der Waals surface area contributed by atoms with Gasteiger partial charge in [0.2, 0.25) is 0 Å². The van der Waals surface area contributed by atoms with Gasteiger partial charge in [-0.15, -0.1) is 14.5 Å². The molecule has 4 rings (SSSR count). The average molecular weight is 398 g/mol. The number of rotatable bonds is 4. The second-order valence-electron chi connectivity index (χ2n) is 6.21. The van der Waals surface area contributed by atoms with E-state index in [9.17, 15) is 13.2 Å². The summed E-state index contributed by atoms with van der Waals surface area (Å²) < 4.78 is 37.1. The van der Waals surface area contributed by atoms with E-state index in [2.05, 4.69) is 14.5 Å². The van der Waals surface area contributed by atoms with Gasteiger partial charge >= 0.3 is 16.4 Å². The minimum Gasteiger partial charge on any atom is -0.311 e. The molecule has 2 aromatic rings. The minimum absolute atomic E-state index is 0.292. The van der Waals surface area contributed by atoms with E-state index in [1.807, 2.05) is 36.1 Å². The van der Waals surface area contributed by atoms with Gasteiger partial charge in [-0.05, 0) is 12.8 Å². The number of aromatic nitrogens is 3. The molecule has 2 aliphatic heterocycles. The number of urea groups is 1. The summed E-state index contributed by atoms with van der Waals surface area (Å²) in [5, 5.41) is 10.6. The maximum Gasteiger partial charge on any atom is 0.418 e. The molecule has 12 heteroatoms. The van der Waals surface area contributed by atoms with Crippen molar-refractivity contribution in [3.8, 4) is 10.6 Å². The van der Waals surface area contributed by atoms with Gasteiger partial charge in [0, 0.05) is 24.2 Å². The van der Waals surface area contributed by atoms with Crippen LogP contribution in [0.3, 0.4) is 0 Å². The number of amides is 2. The second-order valence-corrected chi connectivity index (χ2v) is 8.22. The van der Waals surface area contributed by atoms with Crippen LogP contribution in [0, 0.1) is 0 Å². The lowest BCUT2D eigenvalue weighted by Crippen LogP contribution is -2.35. The summed E-state index contributed by atoms with van der Waals surface area (Å²) >= 11 is 1.40. The molecular formula is C14H16N5O5S2+. The molecule has 2 atom stereocenters. The summed E-state index contributed by atoms with van der Waals surface area (Å²) in [6.45, 7) is 0.315. The lowest BCUT2D eigenvalue weighted by molar-refractivity contribution is -0.671. The zero-order chi connectivity index (χ0) is 18.5. The molecule has 0 aromatic carbocycles. The maximum absolute atomic E-state index is 12.5. The molecule has 26 heavy (non-hydrogen) atoms. The van der Waals surface area contributed by atoms with E-state index >= 15 is 0 Å². The van der Waals surface area contributed by atoms with Crippen LogP contribution in [0.2, 0.25) is 0 Å². The fourth-order valence-corrected chi connectivity index (χ4v) is 4.60. The number of carbonyl (C=O) groups is 1. The van der Waals surface area contributed by atoms with Crippen molar-refractivity contribution < 1.29 is 26.6 Å². The fourth-order valence-electron chi connectivity index (χ4n) is 3.22. The van der Waals surface area contributed by atoms with Crippen LogP contribution in [0.4, 0.5) is 4.79 Å². The van der Waals surface area contributed by atoms with Crippen LogP contribution in [-0.2, 0) is 21.7 Å². The van der Waals surface area contributed by atoms with Gasteiger partial charge in [0.1, 0.15) is 17.1 Å². The van der Waals surface area contributed by atoms with Crippen LogP contribution < -0.4 is 4.57 Å². The third kappa shape index (κ3) is 3.16. The Balaban J connectivity index is 1.57. The number of hydrogen-bond acceptors (Lipinski definition) is 7. The highest BCUT2D eigenvalue weighted by Gasteiger charge is 2.48. The quantitative estimate of drug-likeness (QED) is 0.595. The lowest BCUT2D eigenvalue weighted by atomic mass is 10.0. The summed E-state index contributed by atoms with van der Waals surface area (Å²) in [4.78, 5) is 14.0. The molecule has 2 amide bonds. The van der Waals surface area contributed by atoms with Gasteiger partial charge in [-0.2, -0.15) is 13.5 Å². The fraction of sp³-hybridized carbons (Fsp3) is 0.429. The summed E-state index contributed by atoms with van der Waals surface area (Å²) in [5.41, 5.74) is 0.935. The standard InChI is InChI=1S/C14H15N5O5S2/c1-17-6-4-9(5-7-17)12-15-16-13(25-12)11-3-2-10-8-18(11)14(20)19(10)24-26(21,22)23/h4-7,10-11H,2-3,8H2,1H3/p+1/t10-,11-/m0/s1. The highest BCUT2D eigenvalue weighted by molar-refractivity contribution is 7.80. The first-order valence-corrected chi connectivity index (χ1v) is 10.1. The summed E-state index contributed by atoms with van der Waals surface area (Å²) in [6.07, 6.45) is 4.98. The number of aryl methyl sites for hydroxylation is 1. The van der Waals surface area contributed by atoms with Crippen molar-refractivity contribution >= 4 is 27.8 Å². The Morgan fingerprint density at radius 1 is 1.31 bits per heavy atom. The molecule has 2 fully saturated rings. The van der Waals surface area contributed by atoms with E-state index in [-0.39, 0.29) is 6.04 Å². The number of pyridine rings is 1. The van der Waals surface area contributed by atoms with Crippen molar-refractivity contribution in [1.29, 1.82) is 0 Å². The molecule has 1 N–H and O–H groups in total. The molecule has 138 valence electrons. The van der Waals surface area contributed by atoms with E-state index in [1.54, 1.807) is 0 Å². The molecule has 10 nitrogen and oxygen atoms in total. The molecule has 2 aliphatic rings. The van der Waals surface area contributed by atoms with Crippen molar-refractivity contribution in [2.75, 3.05) is 6.54 Å². The Kier molecular flexibility index (Phi) is 4.14. The Bertz CT molecular complexity index is 945. The summed E-state index contributed by atoms with van der Waals surface area (Å²) in [5.74, 6) is 0. The molecule has 0 spiro atoms. The lowest BCUT2D eigenvalue weighted by Gasteiger charge is -2.28. The Morgan fingerprint density at radius 3 is 2.73 bits per heavy atom. The van der Waals surface area contributed by atoms with E-state index < -0.39 is 22.5 Å². The topological polar surface area (TPSA) is 117 Å². The van der Waals surface area contributed by atoms with Crippen molar-refractivity contribution in [2.24, 2.45) is 7.05 Å². The van der Waals surface area contributed by atoms with Gasteiger partial charge in [-0.1, -0.05) is 11.3 Å². The summed E-state index contributed by atoms with van der Waals surface area (Å²) in [6, 6.07) is 2.56. The number of hydroxylamine groups is 2. The zero-order valence-corrected chi connectivity index (χ0v) is 15.4. The van der Waals surface area contributed by atoms with Gasteiger partial charge in [0.25, 0.3) is 0 Å². The first kappa shape index (κ1) is 17.3. The predicted octanol–water partition coefficient (Wildman–Crippen LogP) is 0.705. The van der Waals surface area contributed by atoms with Gasteiger partial charge in [-0.3, -0.25) is 4.55 Å². The molecular weight excluding hydrogens is 382 g/mol. The van der Waals surface area contributed by atoms with Crippen LogP contribution in [0.5, 0.6) is 0 Å². The third-order valence-corrected chi connectivity index (χ3v) is 5.87. The average Bonchev–Trinajstić information content (AvgIpc) is 3.15. The largest absolute Gasteiger partial charge is 0.418 e. The number of piperidine rings is 1. The van der Waals surface area contributed by atoms with Crippen LogP contribution >= 0.6 is 11.3 Å². The molecule has 0 unspecified atom stereocenters. The normalized spacial score (nSPS) is 22.9. The number of fused-ring (bicyclic) bond motifs is 2. The van der Waals surface area contributed by atoms with Gasteiger partial charge < -0.3 is 4.90 Å². The highest BCUT2D eigenvalue weighted by atomic mass is 32.3. The first-order valence-electron chi connectivity index (χ1n) is 7.88. The van der Waals surface area contributed by atoms with Crippen molar-refractivity contribution in [2.45, 2.75) is 24.9 Å². The van der Waals surface area contributed by atoms with Gasteiger partial charge in [0.05, 0.1) is 12.1 Å². The van der Waals surface area contributed by atoms with Gasteiger partial charge in [-0.25, -0.2) is 9.36 Å². The van der Waals surface area contributed by atoms with Crippen molar-refractivity contribution in [3.63, 3.8) is 0 Å². The Labute approximate surface area is 153 Å². The minimum atomic E-state index is -4.75. The Hall–Kier alpha value is -2.15. The molecule has 2 bridgehead atoms. The van der Waals surface area contributed by atoms with E-state index in [0.717, 1.165) is 15.6 Å². The van der Waals surface area contributed by atoms with E-state index in [0.29, 0.717) is 24.4 Å². The molecule has 0 aliphatic carbocycles. The zero-order valence-electron chi connectivity index (χ0n) is 13.7. The van der Waals surface area contributed by atoms with Crippen LogP contribution in [0.1, 0.15) is 23.9 Å². The molecule has 4 heterocycles. The molecule has 2 aromatic heterocycles. The summed E-state index contributed by atoms with van der Waals surface area (Å²) in [7, 11) is -2.82. The number of hydrogen-bond donors (Lipinski definition) is 1. The first-order chi connectivity index (χ1) is 12.3. The second kappa shape index (κ2) is 6.23. The van der Waals surface area contributed by atoms with Crippen LogP contribution in [0.25, 0.3) is 10.6 Å².